The van der Waals surface area contributed by atoms with Crippen molar-refractivity contribution in [2.24, 2.45) is 0 Å². The lowest BCUT2D eigenvalue weighted by Crippen LogP contribution is -2.21. The lowest BCUT2D eigenvalue weighted by Gasteiger charge is -2.06. The van der Waals surface area contributed by atoms with Crippen LogP contribution >= 0.6 is 11.3 Å². The second kappa shape index (κ2) is 7.45. The molecular formula is C18H15FN2O3S. The Morgan fingerprint density at radius 3 is 2.88 bits per heavy atom. The first kappa shape index (κ1) is 17.1. The van der Waals surface area contributed by atoms with Gasteiger partial charge in [0.1, 0.15) is 16.9 Å². The summed E-state index contributed by atoms with van der Waals surface area (Å²) in [4.78, 5) is 24.8. The second-order valence-electron chi connectivity index (χ2n) is 5.65. The minimum Gasteiger partial charge on any atom is -0.455 e. The van der Waals surface area contributed by atoms with Crippen LogP contribution in [0.15, 0.2) is 24.3 Å². The lowest BCUT2D eigenvalue weighted by atomic mass is 10.1. The first-order valence-corrected chi connectivity index (χ1v) is 8.63. The number of carbonyl (C=O) groups excluding carboxylic acids is 2. The van der Waals surface area contributed by atoms with Crippen LogP contribution < -0.4 is 5.32 Å². The van der Waals surface area contributed by atoms with Gasteiger partial charge in [0.2, 0.25) is 0 Å². The summed E-state index contributed by atoms with van der Waals surface area (Å²) in [6.07, 6.45) is 2.55. The van der Waals surface area contributed by atoms with Crippen LogP contribution in [-0.4, -0.2) is 18.5 Å². The number of nitrogens with zero attached hydrogens (tertiary/aromatic N) is 1. The zero-order valence-electron chi connectivity index (χ0n) is 13.3. The molecule has 7 heteroatoms. The Bertz CT molecular complexity index is 870. The fourth-order valence-electron chi connectivity index (χ4n) is 2.77. The number of halogens is 1. The predicted molar refractivity (Wildman–Crippen MR) is 90.8 cm³/mol. The Balaban J connectivity index is 1.54. The molecular weight excluding hydrogens is 343 g/mol. The van der Waals surface area contributed by atoms with Crippen molar-refractivity contribution in [3.8, 4) is 6.07 Å². The molecule has 1 aromatic carbocycles. The second-order valence-corrected chi connectivity index (χ2v) is 6.76. The highest BCUT2D eigenvalue weighted by Crippen LogP contribution is 2.38. The summed E-state index contributed by atoms with van der Waals surface area (Å²) in [6, 6.07) is 8.03. The summed E-state index contributed by atoms with van der Waals surface area (Å²) in [5.74, 6) is -1.69. The van der Waals surface area contributed by atoms with Crippen molar-refractivity contribution >= 4 is 28.2 Å². The van der Waals surface area contributed by atoms with Gasteiger partial charge in [0.25, 0.3) is 5.91 Å². The molecule has 128 valence electrons. The minimum atomic E-state index is -0.686. The molecule has 0 saturated carbocycles. The third kappa shape index (κ3) is 3.86. The van der Waals surface area contributed by atoms with Gasteiger partial charge in [-0.05, 0) is 36.5 Å². The number of nitrogens with one attached hydrogen (secondary N) is 1. The Labute approximate surface area is 148 Å². The van der Waals surface area contributed by atoms with Crippen molar-refractivity contribution in [2.75, 3.05) is 11.9 Å². The number of aryl methyl sites for hydroxylation is 1. The molecule has 0 atom stereocenters. The number of esters is 1. The van der Waals surface area contributed by atoms with Gasteiger partial charge in [-0.25, -0.2) is 4.39 Å². The van der Waals surface area contributed by atoms with E-state index in [1.807, 2.05) is 0 Å². The third-order valence-electron chi connectivity index (χ3n) is 3.94. The van der Waals surface area contributed by atoms with Crippen LogP contribution in [0.4, 0.5) is 9.39 Å². The summed E-state index contributed by atoms with van der Waals surface area (Å²) in [6.45, 7) is -0.472. The quantitative estimate of drug-likeness (QED) is 0.834. The fourth-order valence-corrected chi connectivity index (χ4v) is 4.02. The van der Waals surface area contributed by atoms with Gasteiger partial charge in [-0.15, -0.1) is 11.3 Å². The maximum Gasteiger partial charge on any atom is 0.310 e. The molecule has 2 aromatic rings. The Kier molecular flexibility index (Phi) is 5.10. The summed E-state index contributed by atoms with van der Waals surface area (Å²) in [7, 11) is 0. The number of hydrogen-bond acceptors (Lipinski definition) is 5. The zero-order valence-corrected chi connectivity index (χ0v) is 14.1. The first-order chi connectivity index (χ1) is 12.1. The van der Waals surface area contributed by atoms with Crippen LogP contribution in [0.2, 0.25) is 0 Å². The number of hydrogen-bond donors (Lipinski definition) is 1. The van der Waals surface area contributed by atoms with Crippen LogP contribution in [-0.2, 0) is 33.6 Å². The van der Waals surface area contributed by atoms with E-state index in [4.69, 9.17) is 4.74 Å². The molecule has 1 aliphatic rings. The van der Waals surface area contributed by atoms with Gasteiger partial charge in [0, 0.05) is 4.88 Å². The fraction of sp³-hybridized carbons (Fsp3) is 0.278. The number of carbonyl (C=O) groups is 2. The van der Waals surface area contributed by atoms with Crippen LogP contribution in [0.3, 0.4) is 0 Å². The molecule has 1 amide bonds. The molecule has 0 unspecified atom stereocenters. The van der Waals surface area contributed by atoms with E-state index >= 15 is 0 Å². The third-order valence-corrected chi connectivity index (χ3v) is 5.15. The van der Waals surface area contributed by atoms with Crippen molar-refractivity contribution in [3.63, 3.8) is 0 Å². The average Bonchev–Trinajstić information content (AvgIpc) is 3.15. The topological polar surface area (TPSA) is 79.2 Å². The molecule has 3 rings (SSSR count). The predicted octanol–water partition coefficient (Wildman–Crippen LogP) is 2.97. The number of nitriles is 1. The molecule has 0 spiro atoms. The molecule has 0 radical (unpaired) electrons. The van der Waals surface area contributed by atoms with Gasteiger partial charge < -0.3 is 10.1 Å². The Morgan fingerprint density at radius 2 is 2.12 bits per heavy atom. The number of anilines is 1. The van der Waals surface area contributed by atoms with Gasteiger partial charge in [-0.2, -0.15) is 5.26 Å². The normalized spacial score (nSPS) is 12.3. The highest BCUT2D eigenvalue weighted by atomic mass is 32.1. The van der Waals surface area contributed by atoms with Gasteiger partial charge in [0.05, 0.1) is 12.0 Å². The van der Waals surface area contributed by atoms with Crippen molar-refractivity contribution in [2.45, 2.75) is 25.7 Å². The van der Waals surface area contributed by atoms with Gasteiger partial charge >= 0.3 is 5.97 Å². The number of thiophene rings is 1. The standard InChI is InChI=1S/C18H15FN2O3S/c19-14-6-2-1-4-11(14)8-17(23)24-10-16(22)21-18-13(9-20)12-5-3-7-15(12)25-18/h1-2,4,6H,3,5,7-8,10H2,(H,21,22). The van der Waals surface area contributed by atoms with Crippen molar-refractivity contribution in [3.05, 3.63) is 51.7 Å². The number of ether oxygens (including phenoxy) is 1. The highest BCUT2D eigenvalue weighted by Gasteiger charge is 2.23. The first-order valence-electron chi connectivity index (χ1n) is 7.82. The molecule has 0 saturated heterocycles. The van der Waals surface area contributed by atoms with Crippen molar-refractivity contribution in [1.82, 2.24) is 0 Å². The summed E-state index contributed by atoms with van der Waals surface area (Å²) in [5, 5.41) is 12.4. The van der Waals surface area contributed by atoms with E-state index in [9.17, 15) is 19.2 Å². The lowest BCUT2D eigenvalue weighted by molar-refractivity contribution is -0.146. The molecule has 0 bridgehead atoms. The van der Waals surface area contributed by atoms with Crippen molar-refractivity contribution < 1.29 is 18.7 Å². The smallest absolute Gasteiger partial charge is 0.310 e. The van der Waals surface area contributed by atoms with E-state index in [0.29, 0.717) is 10.6 Å². The summed E-state index contributed by atoms with van der Waals surface area (Å²) in [5.41, 5.74) is 1.73. The molecule has 25 heavy (non-hydrogen) atoms. The molecule has 5 nitrogen and oxygen atoms in total. The van der Waals surface area contributed by atoms with Crippen LogP contribution in [0, 0.1) is 17.1 Å². The van der Waals surface area contributed by atoms with E-state index < -0.39 is 24.3 Å². The van der Waals surface area contributed by atoms with Gasteiger partial charge in [-0.3, -0.25) is 9.59 Å². The molecule has 1 heterocycles. The SMILES string of the molecule is N#Cc1c(NC(=O)COC(=O)Cc2ccccc2F)sc2c1CCC2. The van der Waals surface area contributed by atoms with E-state index in [2.05, 4.69) is 11.4 Å². The van der Waals surface area contributed by atoms with E-state index in [1.165, 1.54) is 29.5 Å². The molecule has 0 aliphatic heterocycles. The molecule has 0 fully saturated rings. The van der Waals surface area contributed by atoms with Gasteiger partial charge in [-0.1, -0.05) is 18.2 Å². The monoisotopic (exact) mass is 358 g/mol. The van der Waals surface area contributed by atoms with E-state index in [1.54, 1.807) is 6.07 Å². The van der Waals surface area contributed by atoms with Crippen LogP contribution in [0.1, 0.15) is 28.0 Å². The van der Waals surface area contributed by atoms with Crippen LogP contribution in [0.5, 0.6) is 0 Å². The van der Waals surface area contributed by atoms with Crippen LogP contribution in [0.25, 0.3) is 0 Å². The van der Waals surface area contributed by atoms with Gasteiger partial charge in [0.15, 0.2) is 6.61 Å². The number of benzene rings is 1. The number of amides is 1. The summed E-state index contributed by atoms with van der Waals surface area (Å²) < 4.78 is 18.4. The molecule has 1 N–H and O–H groups in total. The van der Waals surface area contributed by atoms with E-state index in [-0.39, 0.29) is 12.0 Å². The van der Waals surface area contributed by atoms with E-state index in [0.717, 1.165) is 29.7 Å². The number of rotatable bonds is 5. The summed E-state index contributed by atoms with van der Waals surface area (Å²) >= 11 is 1.40. The minimum absolute atomic E-state index is 0.217. The molecule has 1 aliphatic carbocycles. The zero-order chi connectivity index (χ0) is 17.8. The highest BCUT2D eigenvalue weighted by molar-refractivity contribution is 7.16. The molecule has 1 aromatic heterocycles. The Hall–Kier alpha value is -2.72. The Morgan fingerprint density at radius 1 is 1.32 bits per heavy atom. The maximum absolute atomic E-state index is 13.5. The van der Waals surface area contributed by atoms with Crippen molar-refractivity contribution in [1.29, 1.82) is 5.26 Å². The number of fused-ring (bicyclic) bond motifs is 1. The maximum atomic E-state index is 13.5. The largest absolute Gasteiger partial charge is 0.455 e. The average molecular weight is 358 g/mol.